The van der Waals surface area contributed by atoms with Crippen LogP contribution in [0.4, 0.5) is 4.39 Å². The van der Waals surface area contributed by atoms with E-state index in [4.69, 9.17) is 0 Å². The lowest BCUT2D eigenvalue weighted by Gasteiger charge is -2.41. The van der Waals surface area contributed by atoms with Gasteiger partial charge in [-0.15, -0.1) is 0 Å². The van der Waals surface area contributed by atoms with E-state index in [-0.39, 0.29) is 0 Å². The highest BCUT2D eigenvalue weighted by molar-refractivity contribution is 4.84. The smallest absolute Gasteiger partial charge is 0.103 e. The van der Waals surface area contributed by atoms with Crippen molar-refractivity contribution in [3.63, 3.8) is 0 Å². The van der Waals surface area contributed by atoms with Crippen molar-refractivity contribution in [2.24, 2.45) is 17.8 Å². The molecule has 1 heterocycles. The summed E-state index contributed by atoms with van der Waals surface area (Å²) in [5.41, 5.74) is 0. The molecule has 1 saturated carbocycles. The first kappa shape index (κ1) is 11.4. The number of piperidine rings is 1. The van der Waals surface area contributed by atoms with Crippen molar-refractivity contribution in [2.45, 2.75) is 45.7 Å². The molecule has 0 bridgehead atoms. The highest BCUT2D eigenvalue weighted by Crippen LogP contribution is 2.39. The second-order valence-corrected chi connectivity index (χ2v) is 5.82. The second-order valence-electron chi connectivity index (χ2n) is 5.82. The van der Waals surface area contributed by atoms with Gasteiger partial charge >= 0.3 is 0 Å². The Morgan fingerprint density at radius 1 is 1.20 bits per heavy atom. The summed E-state index contributed by atoms with van der Waals surface area (Å²) in [4.78, 5) is 2.47. The summed E-state index contributed by atoms with van der Waals surface area (Å²) in [5, 5.41) is 0. The first-order valence-corrected chi connectivity index (χ1v) is 6.51. The summed E-state index contributed by atoms with van der Waals surface area (Å²) >= 11 is 0. The van der Waals surface area contributed by atoms with Crippen LogP contribution >= 0.6 is 0 Å². The molecule has 0 atom stereocenters. The number of likely N-dealkylation sites (tertiary alicyclic amines) is 1. The van der Waals surface area contributed by atoms with Crippen LogP contribution in [0.5, 0.6) is 0 Å². The molecule has 2 aliphatic rings. The molecule has 1 saturated heterocycles. The van der Waals surface area contributed by atoms with E-state index in [1.807, 2.05) is 0 Å². The van der Waals surface area contributed by atoms with Crippen LogP contribution in [-0.4, -0.2) is 30.7 Å². The first-order chi connectivity index (χ1) is 7.15. The largest absolute Gasteiger partial charge is 0.303 e. The topological polar surface area (TPSA) is 3.24 Å². The number of nitrogens with zero attached hydrogens (tertiary/aromatic N) is 1. The molecule has 0 N–H and O–H groups in total. The molecular formula is C13H24FN. The zero-order valence-corrected chi connectivity index (χ0v) is 10.1. The van der Waals surface area contributed by atoms with E-state index in [0.29, 0.717) is 0 Å². The van der Waals surface area contributed by atoms with Gasteiger partial charge in [-0.1, -0.05) is 13.8 Å². The summed E-state index contributed by atoms with van der Waals surface area (Å²) in [7, 11) is 0. The molecule has 2 heteroatoms. The molecule has 0 aromatic carbocycles. The summed E-state index contributed by atoms with van der Waals surface area (Å²) in [6.07, 6.45) is 3.83. The molecule has 0 amide bonds. The second kappa shape index (κ2) is 4.82. The predicted molar refractivity (Wildman–Crippen MR) is 61.6 cm³/mol. The lowest BCUT2D eigenvalue weighted by molar-refractivity contribution is 0.0709. The van der Waals surface area contributed by atoms with Crippen LogP contribution in [-0.2, 0) is 0 Å². The lowest BCUT2D eigenvalue weighted by Crippen LogP contribution is -2.42. The van der Waals surface area contributed by atoms with E-state index in [1.165, 1.54) is 19.4 Å². The third-order valence-corrected chi connectivity index (χ3v) is 4.25. The average molecular weight is 213 g/mol. The van der Waals surface area contributed by atoms with Crippen LogP contribution in [0, 0.1) is 17.8 Å². The van der Waals surface area contributed by atoms with Crippen molar-refractivity contribution in [2.75, 3.05) is 19.6 Å². The Balaban J connectivity index is 1.63. The maximum atomic E-state index is 12.9. The fraction of sp³-hybridized carbons (Fsp3) is 1.00. The monoisotopic (exact) mass is 213 g/mol. The molecule has 0 spiro atoms. The Hall–Kier alpha value is -0.110. The van der Waals surface area contributed by atoms with Gasteiger partial charge in [0.15, 0.2) is 0 Å². The van der Waals surface area contributed by atoms with Gasteiger partial charge in [0.25, 0.3) is 0 Å². The van der Waals surface area contributed by atoms with Gasteiger partial charge < -0.3 is 4.90 Å². The minimum Gasteiger partial charge on any atom is -0.303 e. The maximum Gasteiger partial charge on any atom is 0.103 e. The average Bonchev–Trinajstić information content (AvgIpc) is 2.13. The molecule has 0 aromatic heterocycles. The molecule has 1 nitrogen and oxygen atoms in total. The van der Waals surface area contributed by atoms with Crippen LogP contribution < -0.4 is 0 Å². The third kappa shape index (κ3) is 2.93. The molecule has 0 aromatic rings. The summed E-state index contributed by atoms with van der Waals surface area (Å²) in [6.45, 7) is 7.87. The van der Waals surface area contributed by atoms with E-state index in [0.717, 1.165) is 43.7 Å². The van der Waals surface area contributed by atoms with Crippen LogP contribution in [0.15, 0.2) is 0 Å². The van der Waals surface area contributed by atoms with Gasteiger partial charge in [-0.25, -0.2) is 4.39 Å². The number of hydrogen-bond donors (Lipinski definition) is 0. The molecule has 2 fully saturated rings. The molecule has 15 heavy (non-hydrogen) atoms. The SMILES string of the molecule is CC(C)C1CC(CN2CCC(F)CC2)C1. The Bertz CT molecular complexity index is 191. The van der Waals surface area contributed by atoms with Crippen LogP contribution in [0.25, 0.3) is 0 Å². The van der Waals surface area contributed by atoms with Gasteiger partial charge in [0.1, 0.15) is 6.17 Å². The van der Waals surface area contributed by atoms with E-state index in [2.05, 4.69) is 18.7 Å². The fourth-order valence-electron chi connectivity index (χ4n) is 2.93. The van der Waals surface area contributed by atoms with Crippen LogP contribution in [0.1, 0.15) is 39.5 Å². The molecule has 88 valence electrons. The van der Waals surface area contributed by atoms with Crippen LogP contribution in [0.3, 0.4) is 0 Å². The van der Waals surface area contributed by atoms with Gasteiger partial charge in [-0.05, 0) is 43.4 Å². The zero-order chi connectivity index (χ0) is 10.8. The molecule has 1 aliphatic carbocycles. The third-order valence-electron chi connectivity index (χ3n) is 4.25. The number of hydrogen-bond acceptors (Lipinski definition) is 1. The van der Waals surface area contributed by atoms with Crippen molar-refractivity contribution in [3.8, 4) is 0 Å². The fourth-order valence-corrected chi connectivity index (χ4v) is 2.93. The van der Waals surface area contributed by atoms with Crippen molar-refractivity contribution in [1.82, 2.24) is 4.90 Å². The summed E-state index contributed by atoms with van der Waals surface area (Å²) < 4.78 is 12.9. The Morgan fingerprint density at radius 2 is 1.80 bits per heavy atom. The standard InChI is InChI=1S/C13H24FN/c1-10(2)12-7-11(8-12)9-15-5-3-13(14)4-6-15/h10-13H,3-9H2,1-2H3. The normalized spacial score (nSPS) is 34.4. The van der Waals surface area contributed by atoms with E-state index >= 15 is 0 Å². The van der Waals surface area contributed by atoms with E-state index in [9.17, 15) is 4.39 Å². The first-order valence-electron chi connectivity index (χ1n) is 6.51. The molecule has 1 aliphatic heterocycles. The number of rotatable bonds is 3. The summed E-state index contributed by atoms with van der Waals surface area (Å²) in [6, 6.07) is 0. The van der Waals surface area contributed by atoms with Crippen LogP contribution in [0.2, 0.25) is 0 Å². The van der Waals surface area contributed by atoms with Gasteiger partial charge in [0.2, 0.25) is 0 Å². The van der Waals surface area contributed by atoms with Crippen molar-refractivity contribution in [3.05, 3.63) is 0 Å². The van der Waals surface area contributed by atoms with Gasteiger partial charge in [-0.3, -0.25) is 0 Å². The van der Waals surface area contributed by atoms with Gasteiger partial charge in [0.05, 0.1) is 0 Å². The Morgan fingerprint density at radius 3 is 2.33 bits per heavy atom. The predicted octanol–water partition coefficient (Wildman–Crippen LogP) is 3.10. The highest BCUT2D eigenvalue weighted by atomic mass is 19.1. The maximum absolute atomic E-state index is 12.9. The van der Waals surface area contributed by atoms with Crippen molar-refractivity contribution < 1.29 is 4.39 Å². The zero-order valence-electron chi connectivity index (χ0n) is 10.1. The molecular weight excluding hydrogens is 189 g/mol. The number of alkyl halides is 1. The van der Waals surface area contributed by atoms with E-state index in [1.54, 1.807) is 0 Å². The number of halogens is 1. The lowest BCUT2D eigenvalue weighted by atomic mass is 9.69. The molecule has 0 radical (unpaired) electrons. The minimum absolute atomic E-state index is 0.522. The Labute approximate surface area is 93.0 Å². The highest BCUT2D eigenvalue weighted by Gasteiger charge is 2.32. The summed E-state index contributed by atoms with van der Waals surface area (Å²) in [5.74, 6) is 2.74. The molecule has 0 unspecified atom stereocenters. The minimum atomic E-state index is -0.522. The quantitative estimate of drug-likeness (QED) is 0.696. The van der Waals surface area contributed by atoms with E-state index < -0.39 is 6.17 Å². The Kier molecular flexibility index (Phi) is 3.65. The van der Waals surface area contributed by atoms with Crippen molar-refractivity contribution in [1.29, 1.82) is 0 Å². The van der Waals surface area contributed by atoms with Gasteiger partial charge in [-0.2, -0.15) is 0 Å². The van der Waals surface area contributed by atoms with Crippen molar-refractivity contribution >= 4 is 0 Å². The van der Waals surface area contributed by atoms with Gasteiger partial charge in [0, 0.05) is 19.6 Å². The molecule has 2 rings (SSSR count).